The molecule has 190 valence electrons. The van der Waals surface area contributed by atoms with Crippen LogP contribution in [0.3, 0.4) is 0 Å². The van der Waals surface area contributed by atoms with E-state index >= 15 is 0 Å². The lowest BCUT2D eigenvalue weighted by atomic mass is 10.1. The number of hydrogen-bond donors (Lipinski definition) is 1. The van der Waals surface area contributed by atoms with E-state index in [-0.39, 0.29) is 29.6 Å². The number of non-ortho nitro benzene ring substituents is 1. The second-order valence-electron chi connectivity index (χ2n) is 7.86. The molecule has 2 rings (SSSR count). The highest BCUT2D eigenvalue weighted by atomic mass is 32.2. The molecule has 12 heteroatoms. The van der Waals surface area contributed by atoms with Crippen LogP contribution < -0.4 is 14.4 Å². The van der Waals surface area contributed by atoms with Crippen molar-refractivity contribution in [2.45, 2.75) is 32.9 Å². The molecule has 1 atom stereocenters. The highest BCUT2D eigenvalue weighted by Crippen LogP contribution is 2.33. The smallest absolute Gasteiger partial charge is 0.271 e. The number of benzene rings is 2. The number of nitro groups is 1. The van der Waals surface area contributed by atoms with Crippen LogP contribution in [0.1, 0.15) is 25.8 Å². The van der Waals surface area contributed by atoms with Crippen LogP contribution in [0.15, 0.2) is 48.5 Å². The fourth-order valence-electron chi connectivity index (χ4n) is 3.34. The molecule has 0 aromatic heterocycles. The molecule has 2 aromatic carbocycles. The van der Waals surface area contributed by atoms with E-state index in [1.807, 2.05) is 13.0 Å². The predicted molar refractivity (Wildman–Crippen MR) is 132 cm³/mol. The summed E-state index contributed by atoms with van der Waals surface area (Å²) in [4.78, 5) is 38.1. The standard InChI is InChI=1S/C23H30N4O7S/c1-5-13-24-23(29)17(2)25(15-18-9-7-6-8-10-18)22(28)16-26(35(4,32)33)20-14-19(27(30)31)11-12-21(20)34-3/h6-12,14,17H,5,13,15-16H2,1-4H3,(H,24,29). The summed E-state index contributed by atoms with van der Waals surface area (Å²) in [6, 6.07) is 11.5. The monoisotopic (exact) mass is 506 g/mol. The van der Waals surface area contributed by atoms with Gasteiger partial charge in [-0.25, -0.2) is 8.42 Å². The van der Waals surface area contributed by atoms with Gasteiger partial charge >= 0.3 is 0 Å². The number of ether oxygens (including phenoxy) is 1. The summed E-state index contributed by atoms with van der Waals surface area (Å²) in [5.41, 5.74) is 0.227. The van der Waals surface area contributed by atoms with Gasteiger partial charge in [-0.2, -0.15) is 0 Å². The van der Waals surface area contributed by atoms with Gasteiger partial charge in [-0.15, -0.1) is 0 Å². The summed E-state index contributed by atoms with van der Waals surface area (Å²) in [7, 11) is -2.79. The number of nitrogens with zero attached hydrogens (tertiary/aromatic N) is 3. The average Bonchev–Trinajstić information content (AvgIpc) is 2.83. The largest absolute Gasteiger partial charge is 0.495 e. The molecule has 2 amide bonds. The third-order valence-electron chi connectivity index (χ3n) is 5.23. The molecule has 2 aromatic rings. The summed E-state index contributed by atoms with van der Waals surface area (Å²) in [5.74, 6) is -1.00. The molecule has 0 spiro atoms. The maximum Gasteiger partial charge on any atom is 0.271 e. The molecule has 0 heterocycles. The number of anilines is 1. The van der Waals surface area contributed by atoms with Crippen molar-refractivity contribution in [3.63, 3.8) is 0 Å². The molecule has 0 bridgehead atoms. The zero-order valence-corrected chi connectivity index (χ0v) is 20.9. The number of methoxy groups -OCH3 is 1. The minimum Gasteiger partial charge on any atom is -0.495 e. The maximum absolute atomic E-state index is 13.5. The molecule has 0 aliphatic heterocycles. The molecule has 11 nitrogen and oxygen atoms in total. The predicted octanol–water partition coefficient (Wildman–Crippen LogP) is 2.31. The van der Waals surface area contributed by atoms with Crippen molar-refractivity contribution < 1.29 is 27.7 Å². The Bertz CT molecular complexity index is 1160. The van der Waals surface area contributed by atoms with Crippen LogP contribution in [0, 0.1) is 10.1 Å². The molecular formula is C23H30N4O7S. The van der Waals surface area contributed by atoms with Gasteiger partial charge in [0.25, 0.3) is 5.69 Å². The van der Waals surface area contributed by atoms with Crippen LogP contribution in [0.25, 0.3) is 0 Å². The quantitative estimate of drug-likeness (QED) is 0.344. The SMILES string of the molecule is CCCNC(=O)C(C)N(Cc1ccccc1)C(=O)CN(c1cc([N+](=O)[O-])ccc1OC)S(C)(=O)=O. The van der Waals surface area contributed by atoms with Crippen molar-refractivity contribution in [2.24, 2.45) is 0 Å². The summed E-state index contributed by atoms with van der Waals surface area (Å²) in [6.07, 6.45) is 1.59. The number of sulfonamides is 1. The minimum absolute atomic E-state index is 0.0390. The molecule has 1 N–H and O–H groups in total. The van der Waals surface area contributed by atoms with Crippen molar-refractivity contribution in [1.82, 2.24) is 10.2 Å². The molecule has 35 heavy (non-hydrogen) atoms. The zero-order chi connectivity index (χ0) is 26.2. The van der Waals surface area contributed by atoms with Crippen molar-refractivity contribution in [3.05, 3.63) is 64.2 Å². The molecule has 0 radical (unpaired) electrons. The Morgan fingerprint density at radius 3 is 2.37 bits per heavy atom. The Labute approximate surface area is 204 Å². The first-order chi connectivity index (χ1) is 16.5. The number of nitrogens with one attached hydrogen (secondary N) is 1. The highest BCUT2D eigenvalue weighted by Gasteiger charge is 2.31. The molecule has 0 fully saturated rings. The number of hydrogen-bond acceptors (Lipinski definition) is 7. The van der Waals surface area contributed by atoms with Crippen molar-refractivity contribution in [1.29, 1.82) is 0 Å². The van der Waals surface area contributed by atoms with E-state index < -0.39 is 33.4 Å². The van der Waals surface area contributed by atoms with E-state index in [4.69, 9.17) is 4.74 Å². The highest BCUT2D eigenvalue weighted by molar-refractivity contribution is 7.92. The number of rotatable bonds is 12. The summed E-state index contributed by atoms with van der Waals surface area (Å²) < 4.78 is 31.3. The first-order valence-corrected chi connectivity index (χ1v) is 12.8. The second-order valence-corrected chi connectivity index (χ2v) is 9.76. The fraction of sp³-hybridized carbons (Fsp3) is 0.391. The van der Waals surface area contributed by atoms with Crippen molar-refractivity contribution in [3.8, 4) is 5.75 Å². The normalized spacial score (nSPS) is 11.9. The number of carbonyl (C=O) groups is 2. The molecular weight excluding hydrogens is 476 g/mol. The van der Waals surface area contributed by atoms with E-state index in [1.165, 1.54) is 24.1 Å². The van der Waals surface area contributed by atoms with Crippen molar-refractivity contribution >= 4 is 33.2 Å². The maximum atomic E-state index is 13.5. The van der Waals surface area contributed by atoms with Crippen molar-refractivity contribution in [2.75, 3.05) is 30.8 Å². The number of carbonyl (C=O) groups excluding carboxylic acids is 2. The van der Waals surface area contributed by atoms with Crippen LogP contribution in [0.5, 0.6) is 5.75 Å². The van der Waals surface area contributed by atoms with Gasteiger partial charge in [0, 0.05) is 25.2 Å². The summed E-state index contributed by atoms with van der Waals surface area (Å²) >= 11 is 0. The second kappa shape index (κ2) is 12.2. The third-order valence-corrected chi connectivity index (χ3v) is 6.36. The van der Waals surface area contributed by atoms with Gasteiger partial charge in [0.2, 0.25) is 21.8 Å². The minimum atomic E-state index is -4.07. The molecule has 0 aliphatic carbocycles. The van der Waals surface area contributed by atoms with Gasteiger partial charge in [-0.3, -0.25) is 24.0 Å². The fourth-order valence-corrected chi connectivity index (χ4v) is 4.19. The molecule has 0 saturated heterocycles. The van der Waals surface area contributed by atoms with Crippen LogP contribution in [0.2, 0.25) is 0 Å². The topological polar surface area (TPSA) is 139 Å². The molecule has 0 aliphatic rings. The van der Waals surface area contributed by atoms with E-state index in [0.717, 1.165) is 22.2 Å². The van der Waals surface area contributed by atoms with Gasteiger partial charge in [-0.1, -0.05) is 37.3 Å². The number of nitro benzene ring substituents is 1. The zero-order valence-electron chi connectivity index (χ0n) is 20.1. The van der Waals surface area contributed by atoms with Gasteiger partial charge in [0.15, 0.2) is 0 Å². The third kappa shape index (κ3) is 7.41. The van der Waals surface area contributed by atoms with Crippen LogP contribution in [-0.2, 0) is 26.2 Å². The summed E-state index contributed by atoms with van der Waals surface area (Å²) in [5, 5.41) is 14.0. The van der Waals surface area contributed by atoms with Crippen LogP contribution >= 0.6 is 0 Å². The van der Waals surface area contributed by atoms with E-state index in [1.54, 1.807) is 31.2 Å². The Kier molecular flexibility index (Phi) is 9.58. The van der Waals surface area contributed by atoms with E-state index in [2.05, 4.69) is 5.32 Å². The Morgan fingerprint density at radius 2 is 1.83 bits per heavy atom. The number of amides is 2. The van der Waals surface area contributed by atoms with Gasteiger partial charge in [-0.05, 0) is 25.0 Å². The lowest BCUT2D eigenvalue weighted by Crippen LogP contribution is -2.51. The van der Waals surface area contributed by atoms with E-state index in [9.17, 15) is 28.1 Å². The first-order valence-electron chi connectivity index (χ1n) is 10.9. The van der Waals surface area contributed by atoms with Gasteiger partial charge in [0.05, 0.1) is 18.3 Å². The van der Waals surface area contributed by atoms with Gasteiger partial charge < -0.3 is 15.0 Å². The Balaban J connectivity index is 2.48. The van der Waals surface area contributed by atoms with E-state index in [0.29, 0.717) is 13.0 Å². The first kappa shape index (κ1) is 27.6. The summed E-state index contributed by atoms with van der Waals surface area (Å²) in [6.45, 7) is 3.26. The lowest BCUT2D eigenvalue weighted by Gasteiger charge is -2.31. The Hall–Kier alpha value is -3.67. The van der Waals surface area contributed by atoms with Crippen LogP contribution in [0.4, 0.5) is 11.4 Å². The Morgan fingerprint density at radius 1 is 1.17 bits per heavy atom. The van der Waals surface area contributed by atoms with Crippen LogP contribution in [-0.4, -0.2) is 62.6 Å². The molecule has 1 unspecified atom stereocenters. The van der Waals surface area contributed by atoms with Gasteiger partial charge in [0.1, 0.15) is 24.0 Å². The molecule has 0 saturated carbocycles. The average molecular weight is 507 g/mol. The lowest BCUT2D eigenvalue weighted by molar-refractivity contribution is -0.384.